The summed E-state index contributed by atoms with van der Waals surface area (Å²) in [5.41, 5.74) is 2.53. The average molecular weight is 281 g/mol. The van der Waals surface area contributed by atoms with Crippen LogP contribution in [0.25, 0.3) is 10.9 Å². The number of nitrogens with one attached hydrogen (secondary N) is 1. The van der Waals surface area contributed by atoms with Gasteiger partial charge in [0.15, 0.2) is 0 Å². The topological polar surface area (TPSA) is 39.0 Å². The van der Waals surface area contributed by atoms with Gasteiger partial charge in [-0.25, -0.2) is 0 Å². The van der Waals surface area contributed by atoms with Gasteiger partial charge >= 0.3 is 0 Å². The van der Waals surface area contributed by atoms with E-state index in [9.17, 15) is 4.79 Å². The molecule has 0 bridgehead atoms. The molecule has 0 aliphatic carbocycles. The van der Waals surface area contributed by atoms with Gasteiger partial charge in [0.2, 0.25) is 0 Å². The zero-order valence-corrected chi connectivity index (χ0v) is 12.1. The number of pyridine rings is 1. The molecule has 0 aliphatic rings. The molecular formula is C17H19N3O. The third-order valence-electron chi connectivity index (χ3n) is 3.70. The molecule has 0 radical (unpaired) electrons. The van der Waals surface area contributed by atoms with Crippen LogP contribution in [0.15, 0.2) is 59.7 Å². The maximum Gasteiger partial charge on any atom is 0.250 e. The molecule has 1 N–H and O–H groups in total. The first-order chi connectivity index (χ1) is 10.3. The van der Waals surface area contributed by atoms with Gasteiger partial charge in [0, 0.05) is 43.6 Å². The van der Waals surface area contributed by atoms with Crippen LogP contribution in [-0.2, 0) is 19.6 Å². The molecule has 1 aromatic carbocycles. The number of fused-ring (bicyclic) bond motifs is 1. The van der Waals surface area contributed by atoms with Gasteiger partial charge in [0.05, 0.1) is 0 Å². The molecule has 0 unspecified atom stereocenters. The molecule has 4 heteroatoms. The highest BCUT2D eigenvalue weighted by molar-refractivity contribution is 5.80. The van der Waals surface area contributed by atoms with Gasteiger partial charge in [-0.05, 0) is 36.2 Å². The Morgan fingerprint density at radius 2 is 1.86 bits per heavy atom. The number of aromatic nitrogens is 2. The highest BCUT2D eigenvalue weighted by Crippen LogP contribution is 2.17. The van der Waals surface area contributed by atoms with Crippen molar-refractivity contribution < 1.29 is 0 Å². The Morgan fingerprint density at radius 3 is 2.67 bits per heavy atom. The van der Waals surface area contributed by atoms with Crippen molar-refractivity contribution >= 4 is 10.9 Å². The minimum absolute atomic E-state index is 0.0461. The minimum Gasteiger partial charge on any atom is -0.346 e. The normalized spacial score (nSPS) is 11.1. The lowest BCUT2D eigenvalue weighted by atomic mass is 10.1. The molecule has 2 heterocycles. The molecule has 3 rings (SSSR count). The first-order valence-electron chi connectivity index (χ1n) is 7.16. The van der Waals surface area contributed by atoms with Crippen LogP contribution >= 0.6 is 0 Å². The van der Waals surface area contributed by atoms with Crippen LogP contribution in [-0.4, -0.2) is 16.2 Å². The number of hydrogen-bond acceptors (Lipinski definition) is 2. The second-order valence-electron chi connectivity index (χ2n) is 5.16. The summed E-state index contributed by atoms with van der Waals surface area (Å²) in [5.74, 6) is 0. The van der Waals surface area contributed by atoms with E-state index in [4.69, 9.17) is 0 Å². The summed E-state index contributed by atoms with van der Waals surface area (Å²) >= 11 is 0. The molecule has 21 heavy (non-hydrogen) atoms. The summed E-state index contributed by atoms with van der Waals surface area (Å²) in [5, 5.41) is 4.40. The summed E-state index contributed by atoms with van der Waals surface area (Å²) in [7, 11) is 1.95. The Balaban J connectivity index is 1.85. The fourth-order valence-corrected chi connectivity index (χ4v) is 2.60. The van der Waals surface area contributed by atoms with Crippen molar-refractivity contribution in [1.82, 2.24) is 14.5 Å². The van der Waals surface area contributed by atoms with E-state index in [1.54, 1.807) is 16.7 Å². The number of benzene rings is 1. The second kappa shape index (κ2) is 5.97. The van der Waals surface area contributed by atoms with E-state index in [0.717, 1.165) is 13.1 Å². The Bertz CT molecular complexity index is 801. The maximum atomic E-state index is 11.7. The van der Waals surface area contributed by atoms with E-state index in [2.05, 4.69) is 40.3 Å². The Labute approximate surface area is 123 Å². The van der Waals surface area contributed by atoms with Crippen LogP contribution in [0.4, 0.5) is 0 Å². The Morgan fingerprint density at radius 1 is 1.00 bits per heavy atom. The van der Waals surface area contributed by atoms with Crippen LogP contribution < -0.4 is 10.9 Å². The summed E-state index contributed by atoms with van der Waals surface area (Å²) in [6, 6.07) is 13.9. The molecule has 0 amide bonds. The van der Waals surface area contributed by atoms with Crippen molar-refractivity contribution in [3.05, 3.63) is 70.8 Å². The molecule has 0 saturated carbocycles. The van der Waals surface area contributed by atoms with Crippen LogP contribution in [0.2, 0.25) is 0 Å². The van der Waals surface area contributed by atoms with Gasteiger partial charge in [-0.1, -0.05) is 18.2 Å². The summed E-state index contributed by atoms with van der Waals surface area (Å²) in [4.78, 5) is 11.7. The number of nitrogens with zero attached hydrogens (tertiary/aromatic N) is 2. The van der Waals surface area contributed by atoms with Crippen molar-refractivity contribution in [2.45, 2.75) is 19.6 Å². The lowest BCUT2D eigenvalue weighted by Gasteiger charge is -2.09. The standard InChI is InChI=1S/C17H19N3O/c1-18-13-14-5-6-15-7-9-19(16(15)12-14)10-11-20-8-3-2-4-17(20)21/h2-9,12,18H,10-11,13H2,1H3. The molecule has 0 fully saturated rings. The predicted molar refractivity (Wildman–Crippen MR) is 85.4 cm³/mol. The van der Waals surface area contributed by atoms with Gasteiger partial charge in [0.1, 0.15) is 0 Å². The lowest BCUT2D eigenvalue weighted by Crippen LogP contribution is -2.20. The fourth-order valence-electron chi connectivity index (χ4n) is 2.60. The largest absolute Gasteiger partial charge is 0.346 e. The lowest BCUT2D eigenvalue weighted by molar-refractivity contribution is 0.577. The maximum absolute atomic E-state index is 11.7. The number of hydrogen-bond donors (Lipinski definition) is 1. The molecule has 0 spiro atoms. The molecule has 0 atom stereocenters. The van der Waals surface area contributed by atoms with Crippen molar-refractivity contribution in [3.8, 4) is 0 Å². The van der Waals surface area contributed by atoms with Gasteiger partial charge < -0.3 is 14.5 Å². The van der Waals surface area contributed by atoms with Gasteiger partial charge in [-0.3, -0.25) is 4.79 Å². The van der Waals surface area contributed by atoms with Crippen molar-refractivity contribution in [2.24, 2.45) is 0 Å². The van der Waals surface area contributed by atoms with E-state index < -0.39 is 0 Å². The zero-order chi connectivity index (χ0) is 14.7. The predicted octanol–water partition coefficient (Wildman–Crippen LogP) is 2.22. The zero-order valence-electron chi connectivity index (χ0n) is 12.1. The SMILES string of the molecule is CNCc1ccc2ccn(CCn3ccccc3=O)c2c1. The van der Waals surface area contributed by atoms with Crippen LogP contribution in [0.3, 0.4) is 0 Å². The third-order valence-corrected chi connectivity index (χ3v) is 3.70. The summed E-state index contributed by atoms with van der Waals surface area (Å²) in [6.07, 6.45) is 3.92. The molecular weight excluding hydrogens is 262 g/mol. The van der Waals surface area contributed by atoms with Gasteiger partial charge in [0.25, 0.3) is 5.56 Å². The first-order valence-corrected chi connectivity index (χ1v) is 7.16. The van der Waals surface area contributed by atoms with E-state index in [-0.39, 0.29) is 5.56 Å². The molecule has 2 aromatic heterocycles. The average Bonchev–Trinajstić information content (AvgIpc) is 2.89. The molecule has 0 aliphatic heterocycles. The Kier molecular flexibility index (Phi) is 3.88. The second-order valence-corrected chi connectivity index (χ2v) is 5.16. The molecule has 108 valence electrons. The third kappa shape index (κ3) is 2.90. The van der Waals surface area contributed by atoms with Crippen LogP contribution in [0.5, 0.6) is 0 Å². The Hall–Kier alpha value is -2.33. The van der Waals surface area contributed by atoms with Gasteiger partial charge in [-0.15, -0.1) is 0 Å². The van der Waals surface area contributed by atoms with Crippen molar-refractivity contribution in [3.63, 3.8) is 0 Å². The van der Waals surface area contributed by atoms with Crippen LogP contribution in [0.1, 0.15) is 5.56 Å². The molecule has 0 saturated heterocycles. The van der Waals surface area contributed by atoms with Crippen molar-refractivity contribution in [1.29, 1.82) is 0 Å². The smallest absolute Gasteiger partial charge is 0.250 e. The highest BCUT2D eigenvalue weighted by atomic mass is 16.1. The van der Waals surface area contributed by atoms with Crippen LogP contribution in [0, 0.1) is 0 Å². The van der Waals surface area contributed by atoms with E-state index in [0.29, 0.717) is 6.54 Å². The van der Waals surface area contributed by atoms with Crippen molar-refractivity contribution in [2.75, 3.05) is 7.05 Å². The first kappa shape index (κ1) is 13.6. The quantitative estimate of drug-likeness (QED) is 0.779. The summed E-state index contributed by atoms with van der Waals surface area (Å²) < 4.78 is 3.94. The molecule has 4 nitrogen and oxygen atoms in total. The summed E-state index contributed by atoms with van der Waals surface area (Å²) in [6.45, 7) is 2.33. The number of rotatable bonds is 5. The monoisotopic (exact) mass is 281 g/mol. The van der Waals surface area contributed by atoms with E-state index in [1.807, 2.05) is 19.3 Å². The minimum atomic E-state index is 0.0461. The highest BCUT2D eigenvalue weighted by Gasteiger charge is 2.03. The fraction of sp³-hybridized carbons (Fsp3) is 0.235. The van der Waals surface area contributed by atoms with E-state index in [1.165, 1.54) is 16.5 Å². The number of aryl methyl sites for hydroxylation is 2. The van der Waals surface area contributed by atoms with Gasteiger partial charge in [-0.2, -0.15) is 0 Å². The molecule has 3 aromatic rings. The van der Waals surface area contributed by atoms with E-state index >= 15 is 0 Å².